The van der Waals surface area contributed by atoms with Gasteiger partial charge in [-0.2, -0.15) is 0 Å². The Bertz CT molecular complexity index is 620. The van der Waals surface area contributed by atoms with Crippen molar-refractivity contribution in [1.82, 2.24) is 14.9 Å². The van der Waals surface area contributed by atoms with Crippen molar-refractivity contribution in [2.45, 2.75) is 13.3 Å². The van der Waals surface area contributed by atoms with Crippen molar-refractivity contribution in [3.05, 3.63) is 24.3 Å². The smallest absolute Gasteiger partial charge is 0.411 e. The molecule has 0 unspecified atom stereocenters. The van der Waals surface area contributed by atoms with Gasteiger partial charge in [0, 0.05) is 6.54 Å². The minimum atomic E-state index is -1.26. The van der Waals surface area contributed by atoms with Gasteiger partial charge in [-0.3, -0.25) is 5.32 Å². The number of nitrogens with zero attached hydrogens (tertiary/aromatic N) is 2. The molecule has 100 valence electrons. The molecule has 0 aliphatic heterocycles. The van der Waals surface area contributed by atoms with Crippen molar-refractivity contribution >= 4 is 29.1 Å². The molecule has 0 spiro atoms. The second-order valence-corrected chi connectivity index (χ2v) is 3.92. The lowest BCUT2D eigenvalue weighted by Crippen LogP contribution is -2.30. The number of anilines is 1. The molecule has 1 aromatic heterocycles. The van der Waals surface area contributed by atoms with E-state index in [1.54, 1.807) is 24.3 Å². The highest BCUT2D eigenvalue weighted by molar-refractivity contribution is 5.95. The number of fused-ring (bicyclic) bond motifs is 1. The van der Waals surface area contributed by atoms with Crippen molar-refractivity contribution in [1.29, 1.82) is 0 Å². The van der Waals surface area contributed by atoms with Crippen LogP contribution in [-0.4, -0.2) is 33.3 Å². The number of carboxylic acid groups (broad SMARTS) is 1. The Balaban J connectivity index is 2.47. The van der Waals surface area contributed by atoms with Crippen molar-refractivity contribution in [2.75, 3.05) is 11.9 Å². The lowest BCUT2D eigenvalue weighted by atomic mass is 10.3. The molecule has 0 saturated carbocycles. The zero-order valence-electron chi connectivity index (χ0n) is 10.4. The highest BCUT2D eigenvalue weighted by Crippen LogP contribution is 2.19. The molecule has 0 atom stereocenters. The highest BCUT2D eigenvalue weighted by atomic mass is 16.4. The van der Waals surface area contributed by atoms with Crippen molar-refractivity contribution in [2.24, 2.45) is 0 Å². The summed E-state index contributed by atoms with van der Waals surface area (Å²) in [6.07, 6.45) is -0.472. The van der Waals surface area contributed by atoms with Gasteiger partial charge in [0.2, 0.25) is 5.95 Å². The molecule has 19 heavy (non-hydrogen) atoms. The number of benzene rings is 1. The average Bonchev–Trinajstić information content (AvgIpc) is 2.72. The predicted octanol–water partition coefficient (Wildman–Crippen LogP) is 2.09. The Morgan fingerprint density at radius 3 is 2.79 bits per heavy atom. The topological polar surface area (TPSA) is 96.2 Å². The zero-order chi connectivity index (χ0) is 13.8. The van der Waals surface area contributed by atoms with Gasteiger partial charge in [0.05, 0.1) is 11.0 Å². The van der Waals surface area contributed by atoms with Crippen LogP contribution < -0.4 is 10.6 Å². The monoisotopic (exact) mass is 262 g/mol. The van der Waals surface area contributed by atoms with E-state index < -0.39 is 12.1 Å². The maximum Gasteiger partial charge on any atom is 0.411 e. The minimum absolute atomic E-state index is 0.0118. The molecule has 2 rings (SSSR count). The molecular formula is C12H14N4O3. The van der Waals surface area contributed by atoms with Gasteiger partial charge < -0.3 is 10.4 Å². The third-order valence-electron chi connectivity index (χ3n) is 2.51. The van der Waals surface area contributed by atoms with Crippen molar-refractivity contribution in [3.63, 3.8) is 0 Å². The van der Waals surface area contributed by atoms with E-state index in [0.29, 0.717) is 17.6 Å². The van der Waals surface area contributed by atoms with E-state index >= 15 is 0 Å². The molecular weight excluding hydrogens is 248 g/mol. The van der Waals surface area contributed by atoms with Crippen LogP contribution in [0.2, 0.25) is 0 Å². The van der Waals surface area contributed by atoms with Crippen LogP contribution in [0.1, 0.15) is 13.3 Å². The summed E-state index contributed by atoms with van der Waals surface area (Å²) in [6.45, 7) is 2.44. The first-order valence-electron chi connectivity index (χ1n) is 5.89. The Kier molecular flexibility index (Phi) is 3.65. The predicted molar refractivity (Wildman–Crippen MR) is 70.5 cm³/mol. The summed E-state index contributed by atoms with van der Waals surface area (Å²) in [5.41, 5.74) is 1.11. The van der Waals surface area contributed by atoms with Crippen LogP contribution in [0.5, 0.6) is 0 Å². The third-order valence-corrected chi connectivity index (χ3v) is 2.51. The second-order valence-electron chi connectivity index (χ2n) is 3.92. The fraction of sp³-hybridized carbons (Fsp3) is 0.250. The first kappa shape index (κ1) is 12.9. The summed E-state index contributed by atoms with van der Waals surface area (Å²) in [4.78, 5) is 26.9. The van der Waals surface area contributed by atoms with E-state index in [4.69, 9.17) is 5.11 Å². The van der Waals surface area contributed by atoms with E-state index in [1.807, 2.05) is 6.92 Å². The van der Waals surface area contributed by atoms with E-state index in [2.05, 4.69) is 15.6 Å². The molecule has 7 nitrogen and oxygen atoms in total. The number of rotatable bonds is 3. The molecule has 2 amide bonds. The number of amides is 2. The van der Waals surface area contributed by atoms with Crippen molar-refractivity contribution in [3.8, 4) is 0 Å². The van der Waals surface area contributed by atoms with Crippen LogP contribution in [-0.2, 0) is 0 Å². The number of nitrogens with one attached hydrogen (secondary N) is 2. The van der Waals surface area contributed by atoms with Crippen LogP contribution in [0.4, 0.5) is 15.5 Å². The maximum absolute atomic E-state index is 12.1. The van der Waals surface area contributed by atoms with Crippen LogP contribution in [0.3, 0.4) is 0 Å². The molecule has 0 aliphatic rings. The maximum atomic E-state index is 12.1. The molecule has 3 N–H and O–H groups in total. The summed E-state index contributed by atoms with van der Waals surface area (Å²) in [6, 6.07) is 6.55. The lowest BCUT2D eigenvalue weighted by Gasteiger charge is -2.08. The molecule has 0 aliphatic carbocycles. The van der Waals surface area contributed by atoms with Gasteiger partial charge in [0.25, 0.3) is 0 Å². The van der Waals surface area contributed by atoms with E-state index in [9.17, 15) is 9.59 Å². The van der Waals surface area contributed by atoms with Gasteiger partial charge in [0.1, 0.15) is 0 Å². The summed E-state index contributed by atoms with van der Waals surface area (Å²) < 4.78 is 1.22. The minimum Gasteiger partial charge on any atom is -0.465 e. The fourth-order valence-corrected chi connectivity index (χ4v) is 1.72. The molecule has 0 bridgehead atoms. The summed E-state index contributed by atoms with van der Waals surface area (Å²) in [5.74, 6) is -0.0118. The van der Waals surface area contributed by atoms with Gasteiger partial charge in [-0.25, -0.2) is 19.1 Å². The summed E-state index contributed by atoms with van der Waals surface area (Å²) in [7, 11) is 0. The Morgan fingerprint density at radius 2 is 2.11 bits per heavy atom. The quantitative estimate of drug-likeness (QED) is 0.789. The first-order valence-corrected chi connectivity index (χ1v) is 5.89. The van der Waals surface area contributed by atoms with Gasteiger partial charge in [-0.1, -0.05) is 19.1 Å². The fourth-order valence-electron chi connectivity index (χ4n) is 1.72. The van der Waals surface area contributed by atoms with Crippen LogP contribution in [0, 0.1) is 0 Å². The molecule has 7 heteroatoms. The second kappa shape index (κ2) is 5.38. The normalized spacial score (nSPS) is 10.4. The molecule has 1 heterocycles. The molecule has 0 radical (unpaired) electrons. The number of hydrogen-bond donors (Lipinski definition) is 3. The number of carbonyl (C=O) groups is 2. The van der Waals surface area contributed by atoms with Crippen molar-refractivity contribution < 1.29 is 14.7 Å². The number of imidazole rings is 1. The summed E-state index contributed by atoms with van der Waals surface area (Å²) in [5, 5.41) is 13.6. The van der Waals surface area contributed by atoms with Gasteiger partial charge >= 0.3 is 12.1 Å². The first-order chi connectivity index (χ1) is 9.13. The standard InChI is InChI=1S/C12H14N4O3/c1-2-7-13-11(17)16-9-6-4-3-5-8(9)14-10(16)15-12(18)19/h3-6H,2,7H2,1H3,(H,13,17)(H,14,15)(H,18,19). The average molecular weight is 262 g/mol. The SMILES string of the molecule is CCCNC(=O)n1c(NC(=O)O)nc2ccccc21. The Morgan fingerprint density at radius 1 is 1.37 bits per heavy atom. The number of aromatic nitrogens is 2. The van der Waals surface area contributed by atoms with Crippen LogP contribution in [0.15, 0.2) is 24.3 Å². The molecule has 2 aromatic rings. The Labute approximate surface area is 109 Å². The molecule has 1 aromatic carbocycles. The Hall–Kier alpha value is -2.57. The highest BCUT2D eigenvalue weighted by Gasteiger charge is 2.17. The number of para-hydroxylation sites is 2. The van der Waals surface area contributed by atoms with Gasteiger partial charge in [-0.15, -0.1) is 0 Å². The largest absolute Gasteiger partial charge is 0.465 e. The number of carbonyl (C=O) groups excluding carboxylic acids is 1. The van der Waals surface area contributed by atoms with Gasteiger partial charge in [0.15, 0.2) is 0 Å². The van der Waals surface area contributed by atoms with E-state index in [0.717, 1.165) is 6.42 Å². The van der Waals surface area contributed by atoms with E-state index in [-0.39, 0.29) is 5.95 Å². The van der Waals surface area contributed by atoms with Crippen LogP contribution in [0.25, 0.3) is 11.0 Å². The number of hydrogen-bond acceptors (Lipinski definition) is 3. The zero-order valence-corrected chi connectivity index (χ0v) is 10.4. The van der Waals surface area contributed by atoms with E-state index in [1.165, 1.54) is 4.57 Å². The summed E-state index contributed by atoms with van der Waals surface area (Å²) >= 11 is 0. The van der Waals surface area contributed by atoms with Crippen LogP contribution >= 0.6 is 0 Å². The molecule has 0 fully saturated rings. The van der Waals surface area contributed by atoms with Gasteiger partial charge in [-0.05, 0) is 18.6 Å². The molecule has 0 saturated heterocycles. The third kappa shape index (κ3) is 2.65. The lowest BCUT2D eigenvalue weighted by molar-refractivity contribution is 0.209.